The van der Waals surface area contributed by atoms with E-state index in [9.17, 15) is 4.79 Å². The van der Waals surface area contributed by atoms with Crippen molar-refractivity contribution in [3.8, 4) is 0 Å². The minimum atomic E-state index is 0.149. The summed E-state index contributed by atoms with van der Waals surface area (Å²) in [7, 11) is 1.95. The maximum Gasteiger partial charge on any atom is 0.227 e. The molecule has 1 aromatic carbocycles. The van der Waals surface area contributed by atoms with Gasteiger partial charge in [0.15, 0.2) is 10.9 Å². The van der Waals surface area contributed by atoms with Gasteiger partial charge in [0.1, 0.15) is 0 Å². The Hall–Kier alpha value is -1.86. The Morgan fingerprint density at radius 2 is 2.00 bits per heavy atom. The van der Waals surface area contributed by atoms with Crippen molar-refractivity contribution in [2.24, 2.45) is 7.05 Å². The van der Waals surface area contributed by atoms with E-state index < -0.39 is 0 Å². The predicted octanol–water partition coefficient (Wildman–Crippen LogP) is 2.12. The maximum absolute atomic E-state index is 12.5. The summed E-state index contributed by atoms with van der Waals surface area (Å²) in [6.07, 6.45) is 3.43. The topological polar surface area (TPSA) is 60.2 Å². The molecule has 1 aliphatic carbocycles. The molecule has 0 N–H and O–H groups in total. The van der Waals surface area contributed by atoms with Gasteiger partial charge in [0.05, 0.1) is 19.0 Å². The van der Waals surface area contributed by atoms with Gasteiger partial charge in [-0.25, -0.2) is 0 Å². The first-order valence-electron chi connectivity index (χ1n) is 8.72. The lowest BCUT2D eigenvalue weighted by atomic mass is 10.0. The van der Waals surface area contributed by atoms with Gasteiger partial charge >= 0.3 is 0 Å². The average molecular weight is 358 g/mol. The summed E-state index contributed by atoms with van der Waals surface area (Å²) in [5, 5.41) is 9.32. The molecule has 0 radical (unpaired) electrons. The first-order valence-corrected chi connectivity index (χ1v) is 9.71. The quantitative estimate of drug-likeness (QED) is 0.603. The third-order valence-electron chi connectivity index (χ3n) is 4.86. The Bertz CT molecular complexity index is 783. The molecule has 1 aliphatic heterocycles. The number of carbonyl (C=O) groups is 1. The first kappa shape index (κ1) is 16.6. The number of nitrogens with zero attached hydrogens (tertiary/aromatic N) is 4. The molecule has 0 unspecified atom stereocenters. The monoisotopic (exact) mass is 358 g/mol. The molecule has 0 spiro atoms. The number of fused-ring (bicyclic) bond motifs is 1. The van der Waals surface area contributed by atoms with Crippen molar-refractivity contribution in [2.45, 2.75) is 24.4 Å². The molecule has 2 aromatic rings. The number of rotatable bonds is 5. The summed E-state index contributed by atoms with van der Waals surface area (Å²) in [6, 6.07) is 6.14. The van der Waals surface area contributed by atoms with E-state index in [1.807, 2.05) is 17.7 Å². The van der Waals surface area contributed by atoms with E-state index in [1.54, 1.807) is 0 Å². The van der Waals surface area contributed by atoms with Crippen molar-refractivity contribution in [3.63, 3.8) is 0 Å². The summed E-state index contributed by atoms with van der Waals surface area (Å²) in [5.41, 5.74) is 3.54. The smallest absolute Gasteiger partial charge is 0.227 e. The van der Waals surface area contributed by atoms with Gasteiger partial charge in [-0.2, -0.15) is 0 Å². The Balaban J connectivity index is 1.41. The minimum Gasteiger partial charge on any atom is -0.378 e. The van der Waals surface area contributed by atoms with Gasteiger partial charge in [-0.1, -0.05) is 23.9 Å². The molecule has 1 saturated heterocycles. The number of thioether (sulfide) groups is 1. The minimum absolute atomic E-state index is 0.149. The average Bonchev–Trinajstić information content (AvgIpc) is 3.26. The summed E-state index contributed by atoms with van der Waals surface area (Å²) in [4.78, 5) is 14.7. The number of hydrogen-bond donors (Lipinski definition) is 0. The van der Waals surface area contributed by atoms with Gasteiger partial charge in [0.25, 0.3) is 0 Å². The Morgan fingerprint density at radius 3 is 2.84 bits per heavy atom. The molecule has 2 aliphatic rings. The number of anilines is 1. The zero-order valence-electron chi connectivity index (χ0n) is 14.4. The number of ether oxygens (including phenoxy) is 1. The number of Topliss-reactive ketones (excluding diaryl/α,β-unsaturated/α-hetero) is 1. The molecule has 4 rings (SSSR count). The number of aryl methyl sites for hydroxylation is 2. The second kappa shape index (κ2) is 7.17. The lowest BCUT2D eigenvalue weighted by molar-refractivity contribution is 0.102. The van der Waals surface area contributed by atoms with Crippen LogP contribution in [0.3, 0.4) is 0 Å². The highest BCUT2D eigenvalue weighted by Crippen LogP contribution is 2.25. The largest absolute Gasteiger partial charge is 0.378 e. The van der Waals surface area contributed by atoms with Gasteiger partial charge in [-0.3, -0.25) is 9.36 Å². The van der Waals surface area contributed by atoms with Gasteiger partial charge in [-0.05, 0) is 36.5 Å². The lowest BCUT2D eigenvalue weighted by Gasteiger charge is -2.27. The van der Waals surface area contributed by atoms with Crippen LogP contribution in [0.25, 0.3) is 0 Å². The summed E-state index contributed by atoms with van der Waals surface area (Å²) in [6.45, 7) is 3.08. The van der Waals surface area contributed by atoms with Crippen LogP contribution in [-0.2, 0) is 24.6 Å². The summed E-state index contributed by atoms with van der Waals surface area (Å²) < 4.78 is 7.34. The number of hydrogen-bond acceptors (Lipinski definition) is 6. The molecule has 0 bridgehead atoms. The Kier molecular flexibility index (Phi) is 4.76. The van der Waals surface area contributed by atoms with Crippen LogP contribution in [0.4, 0.5) is 5.95 Å². The molecular formula is C18H22N4O2S. The van der Waals surface area contributed by atoms with Crippen LogP contribution in [0, 0.1) is 0 Å². The van der Waals surface area contributed by atoms with E-state index in [2.05, 4.69) is 27.2 Å². The third kappa shape index (κ3) is 3.43. The highest BCUT2D eigenvalue weighted by molar-refractivity contribution is 7.99. The fraction of sp³-hybridized carbons (Fsp3) is 0.500. The highest BCUT2D eigenvalue weighted by Gasteiger charge is 2.20. The molecular weight excluding hydrogens is 336 g/mol. The van der Waals surface area contributed by atoms with Gasteiger partial charge in [-0.15, -0.1) is 10.2 Å². The van der Waals surface area contributed by atoms with Crippen molar-refractivity contribution in [3.05, 3.63) is 34.9 Å². The van der Waals surface area contributed by atoms with Crippen LogP contribution in [0.5, 0.6) is 0 Å². The Morgan fingerprint density at radius 1 is 1.20 bits per heavy atom. The standard InChI is InChI=1S/C18H22N4O2S/c1-21-17(22-7-9-24-10-8-22)19-20-18(21)25-12-16(23)15-6-5-13-3-2-4-14(13)11-15/h5-6,11H,2-4,7-10,12H2,1H3. The zero-order valence-corrected chi connectivity index (χ0v) is 15.2. The number of aromatic nitrogens is 3. The van der Waals surface area contributed by atoms with Gasteiger partial charge in [0, 0.05) is 25.7 Å². The lowest BCUT2D eigenvalue weighted by Crippen LogP contribution is -2.37. The molecule has 2 heterocycles. The molecule has 1 fully saturated rings. The fourth-order valence-corrected chi connectivity index (χ4v) is 4.23. The Labute approximate surface area is 151 Å². The molecule has 132 valence electrons. The van der Waals surface area contributed by atoms with Crippen LogP contribution in [0.2, 0.25) is 0 Å². The van der Waals surface area contributed by atoms with E-state index in [0.717, 1.165) is 42.6 Å². The van der Waals surface area contributed by atoms with Crippen molar-refractivity contribution in [1.82, 2.24) is 14.8 Å². The molecule has 7 heteroatoms. The fourth-order valence-electron chi connectivity index (χ4n) is 3.43. The first-order chi connectivity index (χ1) is 12.2. The molecule has 1 aromatic heterocycles. The molecule has 0 amide bonds. The van der Waals surface area contributed by atoms with Crippen molar-refractivity contribution < 1.29 is 9.53 Å². The van der Waals surface area contributed by atoms with Crippen LogP contribution in [0.15, 0.2) is 23.4 Å². The normalized spacial score (nSPS) is 16.9. The van der Waals surface area contributed by atoms with E-state index in [0.29, 0.717) is 19.0 Å². The summed E-state index contributed by atoms with van der Waals surface area (Å²) >= 11 is 1.45. The molecule has 0 saturated carbocycles. The number of morpholine rings is 1. The van der Waals surface area contributed by atoms with Crippen molar-refractivity contribution >= 4 is 23.5 Å². The third-order valence-corrected chi connectivity index (χ3v) is 5.88. The number of carbonyl (C=O) groups excluding carboxylic acids is 1. The van der Waals surface area contributed by atoms with Crippen LogP contribution >= 0.6 is 11.8 Å². The maximum atomic E-state index is 12.5. The highest BCUT2D eigenvalue weighted by atomic mass is 32.2. The predicted molar refractivity (Wildman–Crippen MR) is 97.6 cm³/mol. The second-order valence-electron chi connectivity index (χ2n) is 6.49. The zero-order chi connectivity index (χ0) is 17.2. The SMILES string of the molecule is Cn1c(SCC(=O)c2ccc3c(c2)CCC3)nnc1N1CCOCC1. The van der Waals surface area contributed by atoms with Gasteiger partial charge in [0.2, 0.25) is 5.95 Å². The van der Waals surface area contributed by atoms with E-state index >= 15 is 0 Å². The van der Waals surface area contributed by atoms with E-state index in [4.69, 9.17) is 4.74 Å². The van der Waals surface area contributed by atoms with Crippen molar-refractivity contribution in [2.75, 3.05) is 37.0 Å². The van der Waals surface area contributed by atoms with Gasteiger partial charge < -0.3 is 9.64 Å². The summed E-state index contributed by atoms with van der Waals surface area (Å²) in [5.74, 6) is 1.37. The van der Waals surface area contributed by atoms with Crippen LogP contribution in [-0.4, -0.2) is 52.6 Å². The molecule has 25 heavy (non-hydrogen) atoms. The molecule has 0 atom stereocenters. The van der Waals surface area contributed by atoms with Crippen LogP contribution in [0.1, 0.15) is 27.9 Å². The van der Waals surface area contributed by atoms with E-state index in [-0.39, 0.29) is 5.78 Å². The van der Waals surface area contributed by atoms with Crippen molar-refractivity contribution in [1.29, 1.82) is 0 Å². The number of ketones is 1. The number of benzene rings is 1. The van der Waals surface area contributed by atoms with E-state index in [1.165, 1.54) is 29.3 Å². The van der Waals surface area contributed by atoms with Crippen LogP contribution < -0.4 is 4.90 Å². The molecule has 6 nitrogen and oxygen atoms in total. The second-order valence-corrected chi connectivity index (χ2v) is 7.43.